The number of thiophene rings is 1. The van der Waals surface area contributed by atoms with E-state index in [4.69, 9.17) is 32.3 Å². The molecule has 5 aromatic heterocycles. The van der Waals surface area contributed by atoms with Crippen LogP contribution in [0.15, 0.2) is 54.9 Å². The first-order valence-electron chi connectivity index (χ1n) is 11.1. The van der Waals surface area contributed by atoms with Gasteiger partial charge in [-0.2, -0.15) is 5.10 Å². The number of nitrogens with two attached hydrogens (primary N) is 1. The Morgan fingerprint density at radius 2 is 1.86 bits per heavy atom. The standard InChI is InChI=1S/C24H18ClN9S/c25-19-7-6-18(35-19)13-2-1-3-15-21(13)31-24(30-15)23-22-16(32-33-23)5-4-14(29-22)17-8-27-9-20(28-17)34-10-12(26)11-34/h1-9,12H,10-11,26H2,(H,30,31)(H,32,33). The number of H-pyrrole nitrogens is 2. The molecule has 0 saturated carbocycles. The van der Waals surface area contributed by atoms with Crippen molar-refractivity contribution in [1.29, 1.82) is 0 Å². The monoisotopic (exact) mass is 499 g/mol. The van der Waals surface area contributed by atoms with Crippen molar-refractivity contribution in [3.63, 3.8) is 0 Å². The number of aromatic amines is 2. The Morgan fingerprint density at radius 3 is 2.69 bits per heavy atom. The maximum Gasteiger partial charge on any atom is 0.161 e. The molecule has 1 saturated heterocycles. The summed E-state index contributed by atoms with van der Waals surface area (Å²) in [5.74, 6) is 1.44. The van der Waals surface area contributed by atoms with Crippen LogP contribution in [-0.4, -0.2) is 54.2 Å². The molecule has 0 aliphatic carbocycles. The Labute approximate surface area is 208 Å². The summed E-state index contributed by atoms with van der Waals surface area (Å²) in [6, 6.07) is 14.0. The fourth-order valence-electron chi connectivity index (χ4n) is 4.34. The highest BCUT2D eigenvalue weighted by molar-refractivity contribution is 7.19. The molecule has 0 bridgehead atoms. The van der Waals surface area contributed by atoms with E-state index in [0.29, 0.717) is 28.4 Å². The van der Waals surface area contributed by atoms with Gasteiger partial charge in [-0.05, 0) is 30.3 Å². The van der Waals surface area contributed by atoms with E-state index in [2.05, 4.69) is 25.1 Å². The highest BCUT2D eigenvalue weighted by atomic mass is 35.5. The van der Waals surface area contributed by atoms with Gasteiger partial charge in [0.25, 0.3) is 0 Å². The first kappa shape index (κ1) is 20.5. The highest BCUT2D eigenvalue weighted by Crippen LogP contribution is 2.36. The van der Waals surface area contributed by atoms with Gasteiger partial charge in [0.05, 0.1) is 39.0 Å². The molecule has 6 heterocycles. The van der Waals surface area contributed by atoms with Crippen LogP contribution in [0.5, 0.6) is 0 Å². The van der Waals surface area contributed by atoms with Crippen LogP contribution in [0.4, 0.5) is 5.82 Å². The number of hydrogen-bond acceptors (Lipinski definition) is 8. The average molecular weight is 500 g/mol. The Kier molecular flexibility index (Phi) is 4.59. The van der Waals surface area contributed by atoms with Gasteiger partial charge in [0.15, 0.2) is 11.5 Å². The first-order chi connectivity index (χ1) is 17.1. The SMILES string of the molecule is NC1CN(c2cncc(-c3ccc4[nH]nc(-c5nc6c(-c7ccc(Cl)s7)cccc6[nH]5)c4n3)n2)C1. The maximum atomic E-state index is 6.17. The number of pyridine rings is 1. The van der Waals surface area contributed by atoms with Gasteiger partial charge in [0.1, 0.15) is 17.0 Å². The topological polar surface area (TPSA) is 125 Å². The predicted molar refractivity (Wildman–Crippen MR) is 139 cm³/mol. The summed E-state index contributed by atoms with van der Waals surface area (Å²) in [6.07, 6.45) is 3.47. The Balaban J connectivity index is 1.31. The molecular weight excluding hydrogens is 482 g/mol. The second-order valence-corrected chi connectivity index (χ2v) is 10.2. The largest absolute Gasteiger partial charge is 0.352 e. The summed E-state index contributed by atoms with van der Waals surface area (Å²) in [5, 5.41) is 7.59. The van der Waals surface area contributed by atoms with Crippen LogP contribution in [0.3, 0.4) is 0 Å². The molecule has 1 fully saturated rings. The van der Waals surface area contributed by atoms with Crippen LogP contribution in [0.1, 0.15) is 0 Å². The molecule has 172 valence electrons. The summed E-state index contributed by atoms with van der Waals surface area (Å²) in [7, 11) is 0. The zero-order valence-corrected chi connectivity index (χ0v) is 19.8. The lowest BCUT2D eigenvalue weighted by atomic mass is 10.1. The van der Waals surface area contributed by atoms with E-state index in [1.165, 1.54) is 11.3 Å². The van der Waals surface area contributed by atoms with Crippen LogP contribution >= 0.6 is 22.9 Å². The molecule has 0 unspecified atom stereocenters. The summed E-state index contributed by atoms with van der Waals surface area (Å²) >= 11 is 7.70. The van der Waals surface area contributed by atoms with Crippen molar-refractivity contribution in [1.82, 2.24) is 35.1 Å². The minimum Gasteiger partial charge on any atom is -0.352 e. The Morgan fingerprint density at radius 1 is 0.943 bits per heavy atom. The zero-order chi connectivity index (χ0) is 23.5. The van der Waals surface area contributed by atoms with E-state index in [1.54, 1.807) is 12.4 Å². The summed E-state index contributed by atoms with van der Waals surface area (Å²) in [5.41, 5.74) is 12.3. The summed E-state index contributed by atoms with van der Waals surface area (Å²) < 4.78 is 0.743. The highest BCUT2D eigenvalue weighted by Gasteiger charge is 2.25. The van der Waals surface area contributed by atoms with Crippen LogP contribution in [0, 0.1) is 0 Å². The van der Waals surface area contributed by atoms with Crippen molar-refractivity contribution in [2.75, 3.05) is 18.0 Å². The van der Waals surface area contributed by atoms with Gasteiger partial charge in [-0.15, -0.1) is 11.3 Å². The third-order valence-corrected chi connectivity index (χ3v) is 7.37. The molecule has 4 N–H and O–H groups in total. The van der Waals surface area contributed by atoms with Crippen LogP contribution < -0.4 is 10.6 Å². The molecule has 6 aromatic rings. The molecule has 11 heteroatoms. The average Bonchev–Trinajstić information content (AvgIpc) is 3.59. The van der Waals surface area contributed by atoms with E-state index < -0.39 is 0 Å². The van der Waals surface area contributed by atoms with E-state index in [-0.39, 0.29) is 6.04 Å². The van der Waals surface area contributed by atoms with Crippen molar-refractivity contribution in [3.8, 4) is 33.3 Å². The minimum atomic E-state index is 0.185. The van der Waals surface area contributed by atoms with Gasteiger partial charge in [-0.25, -0.2) is 15.0 Å². The van der Waals surface area contributed by atoms with Crippen LogP contribution in [0.2, 0.25) is 4.34 Å². The van der Waals surface area contributed by atoms with Crippen LogP contribution in [-0.2, 0) is 0 Å². The smallest absolute Gasteiger partial charge is 0.161 e. The van der Waals surface area contributed by atoms with E-state index in [0.717, 1.165) is 50.2 Å². The lowest BCUT2D eigenvalue weighted by Crippen LogP contribution is -2.56. The van der Waals surface area contributed by atoms with Gasteiger partial charge in [0.2, 0.25) is 0 Å². The van der Waals surface area contributed by atoms with Gasteiger partial charge < -0.3 is 15.6 Å². The number of para-hydroxylation sites is 1. The second kappa shape index (κ2) is 7.84. The van der Waals surface area contributed by atoms with Crippen molar-refractivity contribution in [2.45, 2.75) is 6.04 Å². The third kappa shape index (κ3) is 3.45. The Bertz CT molecular complexity index is 1710. The first-order valence-corrected chi connectivity index (χ1v) is 12.2. The van der Waals surface area contributed by atoms with Gasteiger partial charge in [0, 0.05) is 29.6 Å². The lowest BCUT2D eigenvalue weighted by Gasteiger charge is -2.37. The molecule has 0 radical (unpaired) electrons. The van der Waals surface area contributed by atoms with Crippen molar-refractivity contribution in [3.05, 3.63) is 59.2 Å². The number of nitrogens with zero attached hydrogens (tertiary/aromatic N) is 6. The molecule has 1 aromatic carbocycles. The third-order valence-electron chi connectivity index (χ3n) is 6.10. The number of rotatable bonds is 4. The molecule has 1 aliphatic rings. The molecule has 1 aliphatic heterocycles. The fraction of sp³-hybridized carbons (Fsp3) is 0.125. The van der Waals surface area contributed by atoms with Gasteiger partial charge >= 0.3 is 0 Å². The summed E-state index contributed by atoms with van der Waals surface area (Å²) in [4.78, 5) is 25.5. The Hall–Kier alpha value is -3.86. The van der Waals surface area contributed by atoms with Gasteiger partial charge in [-0.1, -0.05) is 23.7 Å². The number of aromatic nitrogens is 7. The van der Waals surface area contributed by atoms with E-state index in [9.17, 15) is 0 Å². The van der Waals surface area contributed by atoms with E-state index in [1.807, 2.05) is 42.5 Å². The zero-order valence-electron chi connectivity index (χ0n) is 18.2. The number of fused-ring (bicyclic) bond motifs is 2. The van der Waals surface area contributed by atoms with Crippen molar-refractivity contribution < 1.29 is 0 Å². The predicted octanol–water partition coefficient (Wildman–Crippen LogP) is 4.49. The lowest BCUT2D eigenvalue weighted by molar-refractivity contribution is 0.514. The molecule has 0 atom stereocenters. The minimum absolute atomic E-state index is 0.185. The normalized spacial score (nSPS) is 14.2. The molecule has 9 nitrogen and oxygen atoms in total. The number of hydrogen-bond donors (Lipinski definition) is 3. The summed E-state index contributed by atoms with van der Waals surface area (Å²) in [6.45, 7) is 1.56. The van der Waals surface area contributed by atoms with Crippen molar-refractivity contribution in [2.24, 2.45) is 5.73 Å². The van der Waals surface area contributed by atoms with Crippen molar-refractivity contribution >= 4 is 50.8 Å². The molecule has 0 spiro atoms. The molecular formula is C24H18ClN9S. The molecule has 7 rings (SSSR count). The molecule has 35 heavy (non-hydrogen) atoms. The number of nitrogens with one attached hydrogen (secondary N) is 2. The van der Waals surface area contributed by atoms with Crippen LogP contribution in [0.25, 0.3) is 55.4 Å². The van der Waals surface area contributed by atoms with E-state index >= 15 is 0 Å². The molecule has 0 amide bonds. The number of anilines is 1. The van der Waals surface area contributed by atoms with Gasteiger partial charge in [-0.3, -0.25) is 10.1 Å². The number of imidazole rings is 1. The second-order valence-electron chi connectivity index (χ2n) is 8.48. The maximum absolute atomic E-state index is 6.17. The fourth-order valence-corrected chi connectivity index (χ4v) is 5.41. The number of benzene rings is 1. The number of halogens is 1. The quantitative estimate of drug-likeness (QED) is 0.326.